The molecule has 0 unspecified atom stereocenters. The van der Waals surface area contributed by atoms with Crippen molar-refractivity contribution in [1.29, 1.82) is 0 Å². The minimum Gasteiger partial charge on any atom is -0.332 e. The lowest BCUT2D eigenvalue weighted by Crippen LogP contribution is -2.30. The predicted octanol–water partition coefficient (Wildman–Crippen LogP) is 3.79. The van der Waals surface area contributed by atoms with Crippen LogP contribution in [0.3, 0.4) is 0 Å². The first kappa shape index (κ1) is 21.2. The lowest BCUT2D eigenvalue weighted by atomic mass is 10.1. The fourth-order valence-electron chi connectivity index (χ4n) is 3.71. The van der Waals surface area contributed by atoms with E-state index in [2.05, 4.69) is 15.1 Å². The number of carbonyl (C=O) groups excluding carboxylic acids is 1. The summed E-state index contributed by atoms with van der Waals surface area (Å²) in [5.41, 5.74) is 4.10. The van der Waals surface area contributed by atoms with E-state index in [1.165, 1.54) is 0 Å². The van der Waals surface area contributed by atoms with E-state index < -0.39 is 0 Å². The Morgan fingerprint density at radius 2 is 1.81 bits per heavy atom. The van der Waals surface area contributed by atoms with Crippen LogP contribution in [0.25, 0.3) is 22.7 Å². The second-order valence-corrected chi connectivity index (χ2v) is 7.55. The van der Waals surface area contributed by atoms with E-state index in [1.807, 2.05) is 61.9 Å². The molecule has 0 aliphatic carbocycles. The Bertz CT molecular complexity index is 1350. The minimum atomic E-state index is -0.204. The fraction of sp³-hybridized carbons (Fsp3) is 0.200. The summed E-state index contributed by atoms with van der Waals surface area (Å²) in [7, 11) is 0. The third-order valence-electron chi connectivity index (χ3n) is 5.44. The van der Waals surface area contributed by atoms with Gasteiger partial charge in [0.15, 0.2) is 0 Å². The van der Waals surface area contributed by atoms with Crippen molar-refractivity contribution in [2.75, 3.05) is 6.54 Å². The zero-order valence-electron chi connectivity index (χ0n) is 18.4. The van der Waals surface area contributed by atoms with Crippen molar-refractivity contribution < 1.29 is 4.79 Å². The Morgan fingerprint density at radius 1 is 1.09 bits per heavy atom. The van der Waals surface area contributed by atoms with Gasteiger partial charge >= 0.3 is 0 Å². The number of H-pyrrole nitrogens is 1. The zero-order chi connectivity index (χ0) is 22.7. The predicted molar refractivity (Wildman–Crippen MR) is 126 cm³/mol. The number of nitrogens with one attached hydrogen (secondary N) is 1. The van der Waals surface area contributed by atoms with Gasteiger partial charge in [-0.2, -0.15) is 5.10 Å². The number of amides is 1. The minimum absolute atomic E-state index is 0.158. The molecule has 2 aromatic carbocycles. The zero-order valence-corrected chi connectivity index (χ0v) is 18.4. The average Bonchev–Trinajstić information content (AvgIpc) is 3.09. The number of hydrogen-bond acceptors (Lipinski definition) is 4. The van der Waals surface area contributed by atoms with Gasteiger partial charge in [-0.15, -0.1) is 0 Å². The number of aromatic amines is 1. The molecule has 2 aromatic heterocycles. The van der Waals surface area contributed by atoms with Crippen molar-refractivity contribution in [3.05, 3.63) is 93.8 Å². The van der Waals surface area contributed by atoms with Gasteiger partial charge in [-0.05, 0) is 51.1 Å². The molecule has 4 rings (SSSR count). The highest BCUT2D eigenvalue weighted by Crippen LogP contribution is 2.19. The molecule has 0 radical (unpaired) electrons. The molecule has 0 atom stereocenters. The smallest absolute Gasteiger partial charge is 0.258 e. The average molecular weight is 428 g/mol. The molecule has 1 amide bonds. The lowest BCUT2D eigenvalue weighted by molar-refractivity contribution is -0.126. The SMILES string of the molecule is CCN(Cc1nc2ccccc2c(=O)[nH]1)C(=O)/C=C/c1c(C)nn(-c2ccccc2)c1C. The number of rotatable bonds is 6. The maximum absolute atomic E-state index is 12.9. The summed E-state index contributed by atoms with van der Waals surface area (Å²) < 4.78 is 1.88. The number of likely N-dealkylation sites (N-methyl/N-ethyl adjacent to an activating group) is 1. The summed E-state index contributed by atoms with van der Waals surface area (Å²) >= 11 is 0. The van der Waals surface area contributed by atoms with Crippen LogP contribution in [0, 0.1) is 13.8 Å². The van der Waals surface area contributed by atoms with Crippen molar-refractivity contribution in [3.8, 4) is 5.69 Å². The molecule has 32 heavy (non-hydrogen) atoms. The van der Waals surface area contributed by atoms with Gasteiger partial charge < -0.3 is 9.88 Å². The number of benzene rings is 2. The normalized spacial score (nSPS) is 11.3. The first-order valence-electron chi connectivity index (χ1n) is 10.5. The molecular weight excluding hydrogens is 402 g/mol. The first-order valence-corrected chi connectivity index (χ1v) is 10.5. The lowest BCUT2D eigenvalue weighted by Gasteiger charge is -2.18. The Labute approximate surface area is 186 Å². The molecule has 7 nitrogen and oxygen atoms in total. The van der Waals surface area contributed by atoms with Gasteiger partial charge in [0.1, 0.15) is 5.82 Å². The molecule has 7 heteroatoms. The van der Waals surface area contributed by atoms with Gasteiger partial charge in [-0.3, -0.25) is 9.59 Å². The van der Waals surface area contributed by atoms with Crippen molar-refractivity contribution >= 4 is 22.9 Å². The highest BCUT2D eigenvalue weighted by Gasteiger charge is 2.14. The first-order chi connectivity index (χ1) is 15.5. The Balaban J connectivity index is 1.55. The molecule has 0 saturated heterocycles. The molecule has 0 aliphatic heterocycles. The summed E-state index contributed by atoms with van der Waals surface area (Å²) in [5, 5.41) is 5.15. The maximum Gasteiger partial charge on any atom is 0.258 e. The number of nitrogens with zero attached hydrogens (tertiary/aromatic N) is 4. The van der Waals surface area contributed by atoms with Crippen LogP contribution in [-0.2, 0) is 11.3 Å². The van der Waals surface area contributed by atoms with Crippen LogP contribution in [-0.4, -0.2) is 37.1 Å². The second-order valence-electron chi connectivity index (χ2n) is 7.55. The van der Waals surface area contributed by atoms with Crippen LogP contribution in [0.5, 0.6) is 0 Å². The molecule has 2 heterocycles. The molecule has 0 bridgehead atoms. The second kappa shape index (κ2) is 9.01. The molecule has 0 fully saturated rings. The Morgan fingerprint density at radius 3 is 2.56 bits per heavy atom. The number of fused-ring (bicyclic) bond motifs is 1. The van der Waals surface area contributed by atoms with Crippen LogP contribution in [0.4, 0.5) is 0 Å². The number of aryl methyl sites for hydroxylation is 1. The van der Waals surface area contributed by atoms with Crippen molar-refractivity contribution in [1.82, 2.24) is 24.6 Å². The third-order valence-corrected chi connectivity index (χ3v) is 5.44. The van der Waals surface area contributed by atoms with Crippen LogP contribution in [0.1, 0.15) is 29.7 Å². The summed E-state index contributed by atoms with van der Waals surface area (Å²) in [6.45, 7) is 6.52. The van der Waals surface area contributed by atoms with Gasteiger partial charge in [0.25, 0.3) is 5.56 Å². The largest absolute Gasteiger partial charge is 0.332 e. The summed E-state index contributed by atoms with van der Waals surface area (Å²) in [5.74, 6) is 0.302. The number of carbonyl (C=O) groups is 1. The van der Waals surface area contributed by atoms with E-state index in [9.17, 15) is 9.59 Å². The molecule has 1 N–H and O–H groups in total. The Hall–Kier alpha value is -4.00. The van der Waals surface area contributed by atoms with Crippen LogP contribution in [0.15, 0.2) is 65.5 Å². The number of para-hydroxylation sites is 2. The number of hydrogen-bond donors (Lipinski definition) is 1. The van der Waals surface area contributed by atoms with Gasteiger partial charge in [0.05, 0.1) is 28.8 Å². The molecule has 0 spiro atoms. The van der Waals surface area contributed by atoms with Gasteiger partial charge in [-0.25, -0.2) is 9.67 Å². The fourth-order valence-corrected chi connectivity index (χ4v) is 3.71. The topological polar surface area (TPSA) is 83.9 Å². The van der Waals surface area contributed by atoms with Crippen LogP contribution in [0.2, 0.25) is 0 Å². The molecule has 0 saturated carbocycles. The van der Waals surface area contributed by atoms with E-state index in [-0.39, 0.29) is 18.0 Å². The molecular formula is C25H25N5O2. The highest BCUT2D eigenvalue weighted by molar-refractivity contribution is 5.92. The standard InChI is InChI=1S/C25H25N5O2/c1-4-29(16-23-26-22-13-9-8-12-21(22)25(32)27-23)24(31)15-14-20-17(2)28-30(18(20)3)19-10-6-5-7-11-19/h5-15H,4,16H2,1-3H3,(H,26,27,32)/b15-14+. The molecule has 4 aromatic rings. The summed E-state index contributed by atoms with van der Waals surface area (Å²) in [6, 6.07) is 17.1. The van der Waals surface area contributed by atoms with Gasteiger partial charge in [0.2, 0.25) is 5.91 Å². The van der Waals surface area contributed by atoms with Crippen molar-refractivity contribution in [2.45, 2.75) is 27.3 Å². The van der Waals surface area contributed by atoms with Crippen molar-refractivity contribution in [3.63, 3.8) is 0 Å². The Kier molecular flexibility index (Phi) is 5.98. The monoisotopic (exact) mass is 427 g/mol. The van der Waals surface area contributed by atoms with E-state index in [0.29, 0.717) is 23.3 Å². The quantitative estimate of drug-likeness (QED) is 0.475. The van der Waals surface area contributed by atoms with Gasteiger partial charge in [-0.1, -0.05) is 30.3 Å². The van der Waals surface area contributed by atoms with E-state index >= 15 is 0 Å². The van der Waals surface area contributed by atoms with E-state index in [0.717, 1.165) is 22.6 Å². The van der Waals surface area contributed by atoms with E-state index in [4.69, 9.17) is 0 Å². The van der Waals surface area contributed by atoms with Crippen LogP contribution >= 0.6 is 0 Å². The van der Waals surface area contributed by atoms with Crippen molar-refractivity contribution in [2.24, 2.45) is 0 Å². The summed E-state index contributed by atoms with van der Waals surface area (Å²) in [4.78, 5) is 34.1. The highest BCUT2D eigenvalue weighted by atomic mass is 16.2. The maximum atomic E-state index is 12.9. The molecule has 0 aliphatic rings. The number of aromatic nitrogens is 4. The van der Waals surface area contributed by atoms with E-state index in [1.54, 1.807) is 35.3 Å². The van der Waals surface area contributed by atoms with Crippen LogP contribution < -0.4 is 5.56 Å². The summed E-state index contributed by atoms with van der Waals surface area (Å²) in [6.07, 6.45) is 3.35. The van der Waals surface area contributed by atoms with Gasteiger partial charge in [0, 0.05) is 23.9 Å². The molecule has 162 valence electrons. The third kappa shape index (κ3) is 4.23.